The van der Waals surface area contributed by atoms with Crippen molar-refractivity contribution in [3.05, 3.63) is 58.1 Å². The number of Topliss-reactive ketones (excluding diaryl/α,β-unsaturated/α-hetero) is 2. The summed E-state index contributed by atoms with van der Waals surface area (Å²) in [6, 6.07) is 5.12. The highest BCUT2D eigenvalue weighted by molar-refractivity contribution is 6.22. The van der Waals surface area contributed by atoms with Gasteiger partial charge in [-0.05, 0) is 54.0 Å². The van der Waals surface area contributed by atoms with Gasteiger partial charge in [-0.3, -0.25) is 14.4 Å². The minimum atomic E-state index is -2.58. The van der Waals surface area contributed by atoms with Gasteiger partial charge in [0, 0.05) is 17.9 Å². The molecular formula is C26H25NO8. The lowest BCUT2D eigenvalue weighted by molar-refractivity contribution is -0.147. The topological polar surface area (TPSA) is 171 Å². The molecule has 182 valence electrons. The van der Waals surface area contributed by atoms with Crippen LogP contribution < -0.4 is 5.73 Å². The Hall–Kier alpha value is -3.85. The first-order chi connectivity index (χ1) is 16.5. The lowest BCUT2D eigenvalue weighted by Crippen LogP contribution is -2.58. The van der Waals surface area contributed by atoms with Gasteiger partial charge in [-0.1, -0.05) is 13.8 Å². The number of aromatic hydroxyl groups is 1. The fourth-order valence-corrected chi connectivity index (χ4v) is 5.85. The number of phenols is 1. The molecule has 3 atom stereocenters. The number of ketones is 2. The molecule has 0 unspecified atom stereocenters. The molecule has 35 heavy (non-hydrogen) atoms. The number of nitrogens with two attached hydrogens (primary N) is 1. The second kappa shape index (κ2) is 7.58. The average molecular weight is 479 g/mol. The molecule has 9 heteroatoms. The molecule has 9 nitrogen and oxygen atoms in total. The average Bonchev–Trinajstić information content (AvgIpc) is 3.30. The maximum absolute atomic E-state index is 13.6. The van der Waals surface area contributed by atoms with Gasteiger partial charge in [0.15, 0.2) is 11.4 Å². The highest BCUT2D eigenvalue weighted by Crippen LogP contribution is 2.54. The summed E-state index contributed by atoms with van der Waals surface area (Å²) in [5, 5.41) is 44.5. The zero-order chi connectivity index (χ0) is 25.4. The second-order valence-electron chi connectivity index (χ2n) is 9.75. The third kappa shape index (κ3) is 3.01. The van der Waals surface area contributed by atoms with E-state index in [2.05, 4.69) is 0 Å². The summed E-state index contributed by atoms with van der Waals surface area (Å²) in [6.45, 7) is 3.93. The number of aliphatic hydroxyl groups excluding tert-OH is 2. The normalized spacial score (nSPS) is 26.1. The van der Waals surface area contributed by atoms with Gasteiger partial charge in [0.25, 0.3) is 5.91 Å². The van der Waals surface area contributed by atoms with Crippen LogP contribution in [-0.4, -0.2) is 43.5 Å². The van der Waals surface area contributed by atoms with Gasteiger partial charge in [0.05, 0.1) is 17.4 Å². The summed E-state index contributed by atoms with van der Waals surface area (Å²) < 4.78 is 5.45. The van der Waals surface area contributed by atoms with E-state index in [-0.39, 0.29) is 42.1 Å². The highest BCUT2D eigenvalue weighted by Gasteiger charge is 2.60. The van der Waals surface area contributed by atoms with Crippen molar-refractivity contribution in [1.29, 1.82) is 0 Å². The third-order valence-corrected chi connectivity index (χ3v) is 7.51. The fraction of sp³-hybridized carbons (Fsp3) is 0.346. The van der Waals surface area contributed by atoms with Crippen LogP contribution in [0.4, 0.5) is 0 Å². The Bertz CT molecular complexity index is 1360. The molecular weight excluding hydrogens is 454 g/mol. The number of primary amides is 1. The first-order valence-corrected chi connectivity index (χ1v) is 11.4. The summed E-state index contributed by atoms with van der Waals surface area (Å²) in [5.41, 5.74) is 3.58. The summed E-state index contributed by atoms with van der Waals surface area (Å²) in [5.74, 6) is -6.06. The van der Waals surface area contributed by atoms with Gasteiger partial charge in [0.2, 0.25) is 5.78 Å². The van der Waals surface area contributed by atoms with Crippen LogP contribution in [0.15, 0.2) is 45.8 Å². The van der Waals surface area contributed by atoms with Crippen molar-refractivity contribution in [2.75, 3.05) is 0 Å². The lowest BCUT2D eigenvalue weighted by Gasteiger charge is -2.46. The summed E-state index contributed by atoms with van der Waals surface area (Å²) >= 11 is 0. The summed E-state index contributed by atoms with van der Waals surface area (Å²) in [6.07, 6.45) is 1.48. The van der Waals surface area contributed by atoms with Gasteiger partial charge in [-0.15, -0.1) is 0 Å². The van der Waals surface area contributed by atoms with Crippen molar-refractivity contribution in [1.82, 2.24) is 0 Å². The molecule has 1 aromatic carbocycles. The van der Waals surface area contributed by atoms with E-state index in [0.29, 0.717) is 16.9 Å². The SMILES string of the molecule is CC(C)c1cc(-c2ccco2)c(O)c2c1C[C@H]1C[C@H]3CC(=O)C(C(N)=O)=C(O)[C@@]3(O)C(=O)C1=C2O. The van der Waals surface area contributed by atoms with Crippen molar-refractivity contribution >= 4 is 23.2 Å². The molecule has 0 radical (unpaired) electrons. The zero-order valence-corrected chi connectivity index (χ0v) is 19.2. The van der Waals surface area contributed by atoms with Crippen LogP contribution in [0.1, 0.15) is 49.3 Å². The molecule has 0 saturated heterocycles. The molecule has 5 rings (SSSR count). The predicted molar refractivity (Wildman–Crippen MR) is 123 cm³/mol. The number of hydrogen-bond acceptors (Lipinski definition) is 8. The van der Waals surface area contributed by atoms with E-state index < -0.39 is 52.0 Å². The molecule has 1 aromatic heterocycles. The minimum absolute atomic E-state index is 0.00463. The van der Waals surface area contributed by atoms with Gasteiger partial charge < -0.3 is 30.6 Å². The standard InChI is InChI=1S/C26H25NO8/c1-10(2)13-9-15(17-4-3-5-35-17)21(29)19-14(13)7-11-6-12-8-16(28)20(25(27)33)24(32)26(12,34)23(31)18(11)22(19)30/h3-5,9-12,29-30,32,34H,6-8H2,1-2H3,(H2,27,33)/t11-,12+,26+/m1/s1. The number of hydrogen-bond donors (Lipinski definition) is 5. The predicted octanol–water partition coefficient (Wildman–Crippen LogP) is 2.81. The lowest BCUT2D eigenvalue weighted by atomic mass is 9.59. The fourth-order valence-electron chi connectivity index (χ4n) is 5.85. The Morgan fingerprint density at radius 1 is 1.20 bits per heavy atom. The van der Waals surface area contributed by atoms with Gasteiger partial charge in [0.1, 0.15) is 28.6 Å². The monoisotopic (exact) mass is 479 g/mol. The molecule has 2 aromatic rings. The molecule has 0 spiro atoms. The zero-order valence-electron chi connectivity index (χ0n) is 19.2. The van der Waals surface area contributed by atoms with E-state index in [9.17, 15) is 34.8 Å². The quantitative estimate of drug-likeness (QED) is 0.418. The number of carbonyl (C=O) groups excluding carboxylic acids is 3. The van der Waals surface area contributed by atoms with Crippen LogP contribution in [0.2, 0.25) is 0 Å². The summed E-state index contributed by atoms with van der Waals surface area (Å²) in [4.78, 5) is 37.9. The van der Waals surface area contributed by atoms with Gasteiger partial charge in [-0.25, -0.2) is 0 Å². The summed E-state index contributed by atoms with van der Waals surface area (Å²) in [7, 11) is 0. The molecule has 1 fully saturated rings. The van der Waals surface area contributed by atoms with Gasteiger partial charge in [-0.2, -0.15) is 0 Å². The Kier molecular flexibility index (Phi) is 4.96. The molecule has 1 saturated carbocycles. The van der Waals surface area contributed by atoms with Crippen LogP contribution in [0.5, 0.6) is 5.75 Å². The first kappa shape index (κ1) is 22.9. The molecule has 6 N–H and O–H groups in total. The largest absolute Gasteiger partial charge is 0.508 e. The maximum atomic E-state index is 13.6. The number of furan rings is 1. The van der Waals surface area contributed by atoms with Crippen molar-refractivity contribution in [2.45, 2.75) is 44.6 Å². The molecule has 1 amide bonds. The highest BCUT2D eigenvalue weighted by atomic mass is 16.3. The third-order valence-electron chi connectivity index (χ3n) is 7.51. The van der Waals surface area contributed by atoms with Crippen LogP contribution in [0.3, 0.4) is 0 Å². The van der Waals surface area contributed by atoms with Crippen LogP contribution in [0, 0.1) is 11.8 Å². The van der Waals surface area contributed by atoms with E-state index in [1.165, 1.54) is 6.26 Å². The van der Waals surface area contributed by atoms with Crippen molar-refractivity contribution in [2.24, 2.45) is 17.6 Å². The Morgan fingerprint density at radius 2 is 1.91 bits per heavy atom. The first-order valence-electron chi connectivity index (χ1n) is 11.4. The maximum Gasteiger partial charge on any atom is 0.255 e. The minimum Gasteiger partial charge on any atom is -0.508 e. The number of benzene rings is 1. The van der Waals surface area contributed by atoms with Gasteiger partial charge >= 0.3 is 0 Å². The Balaban J connectivity index is 1.75. The van der Waals surface area contributed by atoms with Crippen molar-refractivity contribution < 1.29 is 39.2 Å². The number of carbonyl (C=O) groups is 3. The second-order valence-corrected chi connectivity index (χ2v) is 9.75. The van der Waals surface area contributed by atoms with E-state index >= 15 is 0 Å². The van der Waals surface area contributed by atoms with Crippen LogP contribution in [-0.2, 0) is 20.8 Å². The molecule has 1 heterocycles. The van der Waals surface area contributed by atoms with E-state index in [1.54, 1.807) is 18.2 Å². The number of amides is 1. The van der Waals surface area contributed by atoms with E-state index in [0.717, 1.165) is 5.56 Å². The number of fused-ring (bicyclic) bond motifs is 3. The van der Waals surface area contributed by atoms with E-state index in [4.69, 9.17) is 10.2 Å². The smallest absolute Gasteiger partial charge is 0.255 e. The molecule has 0 aliphatic heterocycles. The van der Waals surface area contributed by atoms with E-state index in [1.807, 2.05) is 13.8 Å². The van der Waals surface area contributed by atoms with Crippen molar-refractivity contribution in [3.63, 3.8) is 0 Å². The molecule has 3 aliphatic rings. The van der Waals surface area contributed by atoms with Crippen LogP contribution in [0.25, 0.3) is 17.1 Å². The number of aliphatic hydroxyl groups is 3. The number of phenolic OH excluding ortho intramolecular Hbond substituents is 1. The Morgan fingerprint density at radius 3 is 2.51 bits per heavy atom. The van der Waals surface area contributed by atoms with Crippen molar-refractivity contribution in [3.8, 4) is 17.1 Å². The Labute approximate surface area is 200 Å². The number of rotatable bonds is 3. The van der Waals surface area contributed by atoms with Crippen LogP contribution >= 0.6 is 0 Å². The molecule has 0 bridgehead atoms. The molecule has 3 aliphatic carbocycles.